The Balaban J connectivity index is 1.40. The number of fused-ring (bicyclic) bond motifs is 2. The molecule has 0 spiro atoms. The first-order valence-electron chi connectivity index (χ1n) is 9.36. The van der Waals surface area contributed by atoms with Crippen LogP contribution in [-0.2, 0) is 21.2 Å². The summed E-state index contributed by atoms with van der Waals surface area (Å²) in [5.41, 5.74) is 2.01. The first-order chi connectivity index (χ1) is 13.6. The van der Waals surface area contributed by atoms with Gasteiger partial charge in [0.25, 0.3) is 0 Å². The summed E-state index contributed by atoms with van der Waals surface area (Å²) in [6.45, 7) is 1.75. The Morgan fingerprint density at radius 3 is 2.57 bits per heavy atom. The molecule has 28 heavy (non-hydrogen) atoms. The van der Waals surface area contributed by atoms with Crippen LogP contribution in [0, 0.1) is 0 Å². The number of benzene rings is 2. The van der Waals surface area contributed by atoms with Crippen molar-refractivity contribution in [3.8, 4) is 11.5 Å². The van der Waals surface area contributed by atoms with Crippen LogP contribution < -0.4 is 14.4 Å². The van der Waals surface area contributed by atoms with Gasteiger partial charge in [0.2, 0.25) is 15.9 Å². The highest BCUT2D eigenvalue weighted by atomic mass is 32.2. The lowest BCUT2D eigenvalue weighted by molar-refractivity contribution is -0.124. The predicted molar refractivity (Wildman–Crippen MR) is 102 cm³/mol. The molecule has 8 heteroatoms. The third kappa shape index (κ3) is 2.67. The lowest BCUT2D eigenvalue weighted by Crippen LogP contribution is -2.58. The number of rotatable bonds is 3. The number of sulfonamides is 1. The molecule has 3 heterocycles. The van der Waals surface area contributed by atoms with E-state index in [-0.39, 0.29) is 10.8 Å². The summed E-state index contributed by atoms with van der Waals surface area (Å²) >= 11 is 0. The maximum Gasteiger partial charge on any atom is 0.245 e. The number of para-hydroxylation sites is 1. The highest BCUT2D eigenvalue weighted by Crippen LogP contribution is 2.36. The summed E-state index contributed by atoms with van der Waals surface area (Å²) < 4.78 is 38.5. The Morgan fingerprint density at radius 2 is 1.79 bits per heavy atom. The summed E-state index contributed by atoms with van der Waals surface area (Å²) in [5, 5.41) is 0. The predicted octanol–water partition coefficient (Wildman–Crippen LogP) is 1.81. The maximum atomic E-state index is 13.1. The Kier molecular flexibility index (Phi) is 4.06. The molecule has 5 rings (SSSR count). The average molecular weight is 400 g/mol. The molecule has 1 fully saturated rings. The van der Waals surface area contributed by atoms with Gasteiger partial charge in [0.05, 0.1) is 4.90 Å². The van der Waals surface area contributed by atoms with E-state index >= 15 is 0 Å². The van der Waals surface area contributed by atoms with Crippen molar-refractivity contribution in [2.45, 2.75) is 23.8 Å². The summed E-state index contributed by atoms with van der Waals surface area (Å²) in [4.78, 5) is 14.9. The minimum atomic E-state index is -3.79. The lowest BCUT2D eigenvalue weighted by Gasteiger charge is -2.40. The van der Waals surface area contributed by atoms with Gasteiger partial charge < -0.3 is 14.4 Å². The number of hydrogen-bond acceptors (Lipinski definition) is 5. The quantitative estimate of drug-likeness (QED) is 0.786. The Hall–Kier alpha value is -2.58. The fourth-order valence-corrected chi connectivity index (χ4v) is 5.61. The average Bonchev–Trinajstić information content (AvgIpc) is 3.10. The van der Waals surface area contributed by atoms with Crippen molar-refractivity contribution in [2.75, 3.05) is 31.2 Å². The van der Waals surface area contributed by atoms with Crippen LogP contribution in [0.1, 0.15) is 12.0 Å². The number of ether oxygens (including phenoxy) is 2. The van der Waals surface area contributed by atoms with Crippen LogP contribution in [0.2, 0.25) is 0 Å². The Morgan fingerprint density at radius 1 is 1.00 bits per heavy atom. The zero-order valence-electron chi connectivity index (χ0n) is 15.2. The zero-order valence-corrected chi connectivity index (χ0v) is 16.0. The summed E-state index contributed by atoms with van der Waals surface area (Å²) in [6.07, 6.45) is 1.32. The van der Waals surface area contributed by atoms with Gasteiger partial charge in [-0.05, 0) is 36.6 Å². The van der Waals surface area contributed by atoms with Crippen LogP contribution in [0.15, 0.2) is 47.4 Å². The van der Waals surface area contributed by atoms with Gasteiger partial charge in [0, 0.05) is 24.8 Å². The van der Waals surface area contributed by atoms with E-state index in [0.29, 0.717) is 44.2 Å². The largest absolute Gasteiger partial charge is 0.486 e. The van der Waals surface area contributed by atoms with E-state index in [9.17, 15) is 13.2 Å². The third-order valence-electron chi connectivity index (χ3n) is 5.53. The molecule has 2 aromatic carbocycles. The lowest BCUT2D eigenvalue weighted by atomic mass is 10.1. The molecule has 1 unspecified atom stereocenters. The van der Waals surface area contributed by atoms with E-state index in [0.717, 1.165) is 17.7 Å². The van der Waals surface area contributed by atoms with E-state index in [1.807, 2.05) is 24.3 Å². The molecule has 0 aliphatic carbocycles. The van der Waals surface area contributed by atoms with Crippen LogP contribution >= 0.6 is 0 Å². The van der Waals surface area contributed by atoms with Crippen molar-refractivity contribution >= 4 is 21.6 Å². The van der Waals surface area contributed by atoms with Crippen LogP contribution in [0.4, 0.5) is 5.69 Å². The van der Waals surface area contributed by atoms with Gasteiger partial charge in [0.15, 0.2) is 11.5 Å². The van der Waals surface area contributed by atoms with Gasteiger partial charge in [0.1, 0.15) is 19.3 Å². The van der Waals surface area contributed by atoms with Crippen LogP contribution in [0.3, 0.4) is 0 Å². The molecule has 0 bridgehead atoms. The maximum absolute atomic E-state index is 13.1. The van der Waals surface area contributed by atoms with E-state index < -0.39 is 16.1 Å². The smallest absolute Gasteiger partial charge is 0.245 e. The molecule has 3 aliphatic rings. The van der Waals surface area contributed by atoms with Gasteiger partial charge in [-0.15, -0.1) is 0 Å². The molecule has 0 radical (unpaired) electrons. The number of nitrogens with zero attached hydrogens (tertiary/aromatic N) is 2. The van der Waals surface area contributed by atoms with Crippen LogP contribution in [0.5, 0.6) is 11.5 Å². The minimum absolute atomic E-state index is 0.121. The monoisotopic (exact) mass is 400 g/mol. The molecule has 7 nitrogen and oxygen atoms in total. The summed E-state index contributed by atoms with van der Waals surface area (Å²) in [6, 6.07) is 11.7. The SMILES string of the molecule is O=C(C1CCN1S(=O)(=O)c1ccc2c(c1)OCCO2)N1CCc2ccccc21. The highest BCUT2D eigenvalue weighted by Gasteiger charge is 2.45. The molecule has 1 saturated heterocycles. The first kappa shape index (κ1) is 17.5. The van der Waals surface area contributed by atoms with E-state index in [4.69, 9.17) is 9.47 Å². The van der Waals surface area contributed by atoms with E-state index in [2.05, 4.69) is 0 Å². The molecule has 2 aromatic rings. The van der Waals surface area contributed by atoms with Crippen molar-refractivity contribution in [3.05, 3.63) is 48.0 Å². The summed E-state index contributed by atoms with van der Waals surface area (Å²) in [5.74, 6) is 0.802. The third-order valence-corrected chi connectivity index (χ3v) is 7.43. The number of carbonyl (C=O) groups is 1. The van der Waals surface area contributed by atoms with Crippen molar-refractivity contribution in [2.24, 2.45) is 0 Å². The van der Waals surface area contributed by atoms with Crippen LogP contribution in [0.25, 0.3) is 0 Å². The second-order valence-corrected chi connectivity index (χ2v) is 8.98. The number of amides is 1. The molecule has 0 aromatic heterocycles. The topological polar surface area (TPSA) is 76.2 Å². The highest BCUT2D eigenvalue weighted by molar-refractivity contribution is 7.89. The molecular weight excluding hydrogens is 380 g/mol. The van der Waals surface area contributed by atoms with Crippen LogP contribution in [-0.4, -0.2) is 51.0 Å². The fraction of sp³-hybridized carbons (Fsp3) is 0.350. The second kappa shape index (κ2) is 6.49. The van der Waals surface area contributed by atoms with Gasteiger partial charge in [-0.1, -0.05) is 18.2 Å². The van der Waals surface area contributed by atoms with Gasteiger partial charge >= 0.3 is 0 Å². The molecule has 3 aliphatic heterocycles. The molecule has 0 saturated carbocycles. The molecule has 1 atom stereocenters. The molecular formula is C20H20N2O5S. The second-order valence-electron chi connectivity index (χ2n) is 7.09. The Labute approximate surface area is 163 Å². The van der Waals surface area contributed by atoms with Crippen molar-refractivity contribution in [1.29, 1.82) is 0 Å². The van der Waals surface area contributed by atoms with Gasteiger partial charge in [-0.2, -0.15) is 4.31 Å². The first-order valence-corrected chi connectivity index (χ1v) is 10.8. The van der Waals surface area contributed by atoms with Crippen molar-refractivity contribution in [3.63, 3.8) is 0 Å². The number of hydrogen-bond donors (Lipinski definition) is 0. The number of anilines is 1. The fourth-order valence-electron chi connectivity index (χ4n) is 3.96. The number of carbonyl (C=O) groups excluding carboxylic acids is 1. The minimum Gasteiger partial charge on any atom is -0.486 e. The Bertz CT molecular complexity index is 1050. The molecule has 1 amide bonds. The van der Waals surface area contributed by atoms with Gasteiger partial charge in [-0.3, -0.25) is 4.79 Å². The molecule has 146 valence electrons. The zero-order chi connectivity index (χ0) is 19.3. The standard InChI is InChI=1S/C20H20N2O5S/c23-20(21-9-7-14-3-1-2-4-16(14)21)17-8-10-22(17)28(24,25)15-5-6-18-19(13-15)27-12-11-26-18/h1-6,13,17H,7-12H2. The normalized spacial score (nSPS) is 21.1. The van der Waals surface area contributed by atoms with E-state index in [1.165, 1.54) is 16.4 Å². The summed E-state index contributed by atoms with van der Waals surface area (Å²) in [7, 11) is -3.79. The molecule has 0 N–H and O–H groups in total. The van der Waals surface area contributed by atoms with Crippen molar-refractivity contribution < 1.29 is 22.7 Å². The van der Waals surface area contributed by atoms with Crippen molar-refractivity contribution in [1.82, 2.24) is 4.31 Å². The van der Waals surface area contributed by atoms with E-state index in [1.54, 1.807) is 11.0 Å². The van der Waals surface area contributed by atoms with Gasteiger partial charge in [-0.25, -0.2) is 8.42 Å².